The molecular formula is C24H26N4O6S. The van der Waals surface area contributed by atoms with Crippen molar-refractivity contribution in [1.29, 1.82) is 0 Å². The van der Waals surface area contributed by atoms with Crippen molar-refractivity contribution >= 4 is 48.5 Å². The number of aromatic nitrogens is 1. The summed E-state index contributed by atoms with van der Waals surface area (Å²) in [6.45, 7) is 0.696. The first-order valence-electron chi connectivity index (χ1n) is 10.9. The minimum Gasteiger partial charge on any atom is -0.493 e. The first-order valence-corrected chi connectivity index (χ1v) is 12.4. The van der Waals surface area contributed by atoms with Crippen molar-refractivity contribution in [1.82, 2.24) is 14.0 Å². The number of rotatable bonds is 8. The van der Waals surface area contributed by atoms with Crippen LogP contribution in [0.15, 0.2) is 36.4 Å². The summed E-state index contributed by atoms with van der Waals surface area (Å²) < 4.78 is 50.0. The number of nitrogens with one attached hydrogen (secondary N) is 2. The zero-order chi connectivity index (χ0) is 24.7. The maximum atomic E-state index is 12.0. The molecule has 35 heavy (non-hydrogen) atoms. The topological polar surface area (TPSA) is 111 Å². The van der Waals surface area contributed by atoms with Gasteiger partial charge in [0.25, 0.3) is 10.2 Å². The third kappa shape index (κ3) is 4.11. The second kappa shape index (κ2) is 8.91. The van der Waals surface area contributed by atoms with E-state index in [1.807, 2.05) is 36.4 Å². The molecule has 1 aliphatic rings. The molecular weight excluding hydrogens is 472 g/mol. The summed E-state index contributed by atoms with van der Waals surface area (Å²) in [5.74, 6) is 3.15. The van der Waals surface area contributed by atoms with Crippen LogP contribution in [0.25, 0.3) is 32.4 Å². The van der Waals surface area contributed by atoms with Crippen molar-refractivity contribution < 1.29 is 27.4 Å². The molecule has 184 valence electrons. The van der Waals surface area contributed by atoms with E-state index in [0.29, 0.717) is 35.4 Å². The monoisotopic (exact) mass is 498 g/mol. The Morgan fingerprint density at radius 3 is 2.29 bits per heavy atom. The van der Waals surface area contributed by atoms with E-state index < -0.39 is 10.2 Å². The maximum absolute atomic E-state index is 12.0. The molecule has 0 unspecified atom stereocenters. The number of anilines is 1. The molecule has 11 heteroatoms. The Morgan fingerprint density at radius 1 is 0.914 bits per heavy atom. The van der Waals surface area contributed by atoms with E-state index in [4.69, 9.17) is 23.9 Å². The Bertz CT molecular complexity index is 1560. The minimum atomic E-state index is -3.52. The van der Waals surface area contributed by atoms with Gasteiger partial charge in [-0.05, 0) is 35.0 Å². The van der Waals surface area contributed by atoms with Crippen molar-refractivity contribution in [2.24, 2.45) is 0 Å². The number of ether oxygens (including phenoxy) is 4. The van der Waals surface area contributed by atoms with E-state index in [-0.39, 0.29) is 13.3 Å². The molecule has 2 N–H and O–H groups in total. The molecule has 4 aromatic rings. The highest BCUT2D eigenvalue weighted by Gasteiger charge is 2.19. The van der Waals surface area contributed by atoms with Gasteiger partial charge in [-0.25, -0.2) is 9.71 Å². The first-order chi connectivity index (χ1) is 16.8. The third-order valence-corrected chi connectivity index (χ3v) is 7.49. The molecule has 0 fully saturated rings. The van der Waals surface area contributed by atoms with Crippen LogP contribution >= 0.6 is 0 Å². The zero-order valence-electron chi connectivity index (χ0n) is 19.8. The Balaban J connectivity index is 1.66. The third-order valence-electron chi connectivity index (χ3n) is 5.96. The quantitative estimate of drug-likeness (QED) is 0.282. The van der Waals surface area contributed by atoms with Crippen LogP contribution in [-0.2, 0) is 10.2 Å². The average Bonchev–Trinajstić information content (AvgIpc) is 3.31. The van der Waals surface area contributed by atoms with E-state index >= 15 is 0 Å². The van der Waals surface area contributed by atoms with Crippen molar-refractivity contribution in [3.8, 4) is 23.0 Å². The van der Waals surface area contributed by atoms with Gasteiger partial charge in [0, 0.05) is 43.3 Å². The molecule has 10 nitrogen and oxygen atoms in total. The van der Waals surface area contributed by atoms with Crippen molar-refractivity contribution in [3.63, 3.8) is 0 Å². The number of hydrogen-bond acceptors (Lipinski definition) is 8. The Labute approximate surface area is 202 Å². The maximum Gasteiger partial charge on any atom is 0.278 e. The van der Waals surface area contributed by atoms with Gasteiger partial charge in [-0.2, -0.15) is 12.7 Å². The van der Waals surface area contributed by atoms with Crippen LogP contribution in [0.1, 0.15) is 0 Å². The van der Waals surface area contributed by atoms with Gasteiger partial charge in [0.2, 0.25) is 6.79 Å². The van der Waals surface area contributed by atoms with E-state index in [2.05, 4.69) is 10.0 Å². The fourth-order valence-electron chi connectivity index (χ4n) is 4.13. The lowest BCUT2D eigenvalue weighted by Gasteiger charge is -2.17. The van der Waals surface area contributed by atoms with Gasteiger partial charge in [-0.15, -0.1) is 0 Å². The molecule has 0 bridgehead atoms. The lowest BCUT2D eigenvalue weighted by Crippen LogP contribution is -2.38. The van der Waals surface area contributed by atoms with Gasteiger partial charge in [0.05, 0.1) is 19.7 Å². The molecule has 3 aromatic carbocycles. The second-order valence-electron chi connectivity index (χ2n) is 8.21. The number of methoxy groups -OCH3 is 2. The largest absolute Gasteiger partial charge is 0.493 e. The van der Waals surface area contributed by atoms with E-state index in [9.17, 15) is 8.42 Å². The summed E-state index contributed by atoms with van der Waals surface area (Å²) in [6, 6.07) is 11.7. The molecule has 5 rings (SSSR count). The highest BCUT2D eigenvalue weighted by Crippen LogP contribution is 2.42. The molecule has 0 saturated carbocycles. The highest BCUT2D eigenvalue weighted by atomic mass is 32.2. The summed E-state index contributed by atoms with van der Waals surface area (Å²) in [4.78, 5) is 4.97. The smallest absolute Gasteiger partial charge is 0.278 e. The Morgan fingerprint density at radius 2 is 1.60 bits per heavy atom. The highest BCUT2D eigenvalue weighted by molar-refractivity contribution is 7.87. The Kier molecular flexibility index (Phi) is 5.91. The molecule has 1 aliphatic heterocycles. The molecule has 1 aromatic heterocycles. The average molecular weight is 499 g/mol. The minimum absolute atomic E-state index is 0.184. The summed E-state index contributed by atoms with van der Waals surface area (Å²) >= 11 is 0. The van der Waals surface area contributed by atoms with E-state index in [0.717, 1.165) is 36.8 Å². The SMILES string of the molecule is COc1cc2c(NCCNS(=O)(=O)N(C)C)nc3c4cc5c(cc4ccc3c2cc1OC)OCO5. The number of hydrogen-bond donors (Lipinski definition) is 2. The van der Waals surface area contributed by atoms with Crippen LogP contribution in [0.2, 0.25) is 0 Å². The molecule has 0 saturated heterocycles. The Hall–Kier alpha value is -3.54. The van der Waals surface area contributed by atoms with Gasteiger partial charge < -0.3 is 24.3 Å². The van der Waals surface area contributed by atoms with Gasteiger partial charge in [-0.3, -0.25) is 0 Å². The van der Waals surface area contributed by atoms with Crippen molar-refractivity contribution in [2.75, 3.05) is 53.5 Å². The summed E-state index contributed by atoms with van der Waals surface area (Å²) in [7, 11) is 2.61. The van der Waals surface area contributed by atoms with E-state index in [1.165, 1.54) is 14.1 Å². The van der Waals surface area contributed by atoms with Crippen LogP contribution in [0.5, 0.6) is 23.0 Å². The molecule has 0 atom stereocenters. The number of fused-ring (bicyclic) bond motifs is 6. The molecule has 0 amide bonds. The van der Waals surface area contributed by atoms with Crippen LogP contribution in [0, 0.1) is 0 Å². The van der Waals surface area contributed by atoms with Crippen LogP contribution in [0.3, 0.4) is 0 Å². The van der Waals surface area contributed by atoms with Crippen molar-refractivity contribution in [2.45, 2.75) is 0 Å². The normalized spacial score (nSPS) is 13.2. The molecule has 0 spiro atoms. The van der Waals surface area contributed by atoms with Crippen LogP contribution in [0.4, 0.5) is 5.82 Å². The summed E-state index contributed by atoms with van der Waals surface area (Å²) in [6.07, 6.45) is 0. The predicted octanol–water partition coefficient (Wildman–Crippen LogP) is 3.10. The number of benzene rings is 3. The summed E-state index contributed by atoms with van der Waals surface area (Å²) in [5.41, 5.74) is 0.775. The van der Waals surface area contributed by atoms with E-state index in [1.54, 1.807) is 14.2 Å². The summed E-state index contributed by atoms with van der Waals surface area (Å²) in [5, 5.41) is 7.86. The lowest BCUT2D eigenvalue weighted by molar-refractivity contribution is 0.174. The zero-order valence-corrected chi connectivity index (χ0v) is 20.7. The number of nitrogens with zero attached hydrogens (tertiary/aromatic N) is 2. The fourth-order valence-corrected chi connectivity index (χ4v) is 4.75. The van der Waals surface area contributed by atoms with Gasteiger partial charge in [0.1, 0.15) is 5.82 Å². The fraction of sp³-hybridized carbons (Fsp3) is 0.292. The standard InChI is InChI=1S/C24H26N4O6S/c1-28(2)35(29,30)26-8-7-25-24-18-12-20(32-4)19(31-3)11-17(18)15-6-5-14-9-21-22(34-13-33-21)10-16(14)23(15)27-24/h5-6,9-12,26H,7-8,13H2,1-4H3,(H,25,27). The van der Waals surface area contributed by atoms with Crippen molar-refractivity contribution in [3.05, 3.63) is 36.4 Å². The first kappa shape index (κ1) is 23.2. The van der Waals surface area contributed by atoms with Gasteiger partial charge >= 0.3 is 0 Å². The predicted molar refractivity (Wildman–Crippen MR) is 135 cm³/mol. The van der Waals surface area contributed by atoms with Crippen LogP contribution in [-0.4, -0.2) is 65.9 Å². The van der Waals surface area contributed by atoms with Gasteiger partial charge in [-0.1, -0.05) is 12.1 Å². The lowest BCUT2D eigenvalue weighted by atomic mass is 10.00. The van der Waals surface area contributed by atoms with Crippen LogP contribution < -0.4 is 29.0 Å². The molecule has 0 aliphatic carbocycles. The molecule has 2 heterocycles. The van der Waals surface area contributed by atoms with Gasteiger partial charge in [0.15, 0.2) is 23.0 Å². The number of pyridine rings is 1. The second-order valence-corrected chi connectivity index (χ2v) is 10.2. The molecule has 0 radical (unpaired) electrons.